The molecule has 5 rings (SSSR count). The highest BCUT2D eigenvalue weighted by atomic mass is 32.2. The van der Waals surface area contributed by atoms with E-state index in [9.17, 15) is 13.2 Å². The molecule has 0 aliphatic carbocycles. The Morgan fingerprint density at radius 1 is 1.03 bits per heavy atom. The number of aromatic nitrogens is 1. The fourth-order valence-electron chi connectivity index (χ4n) is 4.44. The average molecular weight is 483 g/mol. The number of sulfonamides is 1. The molecule has 9 heteroatoms. The van der Waals surface area contributed by atoms with Gasteiger partial charge in [-0.15, -0.1) is 11.3 Å². The fourth-order valence-corrected chi connectivity index (χ4v) is 6.68. The van der Waals surface area contributed by atoms with Gasteiger partial charge in [0, 0.05) is 24.0 Å². The highest BCUT2D eigenvalue weighted by Crippen LogP contribution is 2.33. The lowest BCUT2D eigenvalue weighted by Crippen LogP contribution is -2.29. The zero-order valence-corrected chi connectivity index (χ0v) is 19.9. The molecule has 2 aliphatic heterocycles. The first-order valence-electron chi connectivity index (χ1n) is 11.2. The second-order valence-corrected chi connectivity index (χ2v) is 11.1. The monoisotopic (exact) mass is 482 g/mol. The molecule has 0 bridgehead atoms. The van der Waals surface area contributed by atoms with Crippen molar-refractivity contribution in [3.05, 3.63) is 70.7 Å². The Labute approximate surface area is 198 Å². The Morgan fingerprint density at radius 2 is 1.85 bits per heavy atom. The van der Waals surface area contributed by atoms with Crippen LogP contribution in [-0.2, 0) is 23.0 Å². The van der Waals surface area contributed by atoms with Crippen LogP contribution in [0, 0.1) is 0 Å². The molecular weight excluding hydrogens is 456 g/mol. The van der Waals surface area contributed by atoms with Crippen molar-refractivity contribution in [2.75, 3.05) is 29.3 Å². The molecule has 3 aromatic rings. The van der Waals surface area contributed by atoms with Crippen LogP contribution in [-0.4, -0.2) is 43.8 Å². The van der Waals surface area contributed by atoms with Gasteiger partial charge in [0.25, 0.3) is 15.9 Å². The minimum atomic E-state index is -3.76. The maximum absolute atomic E-state index is 13.3. The van der Waals surface area contributed by atoms with Crippen molar-refractivity contribution < 1.29 is 13.2 Å². The third-order valence-electron chi connectivity index (χ3n) is 6.14. The topological polar surface area (TPSA) is 82.6 Å². The summed E-state index contributed by atoms with van der Waals surface area (Å²) in [7, 11) is -3.76. The van der Waals surface area contributed by atoms with Gasteiger partial charge in [-0.2, -0.15) is 0 Å². The summed E-state index contributed by atoms with van der Waals surface area (Å²) in [5.74, 6) is -0.368. The summed E-state index contributed by atoms with van der Waals surface area (Å²) in [6.45, 7) is 3.36. The number of para-hydroxylation sites is 1. The van der Waals surface area contributed by atoms with Crippen LogP contribution in [0.5, 0.6) is 0 Å². The SMILES string of the molecule is O=C(Nc1nc(CN2CCCCC2)cs1)c1cccc(S(=O)(=O)N2CCc3ccccc32)c1. The zero-order chi connectivity index (χ0) is 22.8. The van der Waals surface area contributed by atoms with Crippen LogP contribution in [0.3, 0.4) is 0 Å². The molecule has 1 aromatic heterocycles. The lowest BCUT2D eigenvalue weighted by atomic mass is 10.1. The van der Waals surface area contributed by atoms with Crippen molar-refractivity contribution in [3.63, 3.8) is 0 Å². The Bertz CT molecular complexity index is 1270. The van der Waals surface area contributed by atoms with Gasteiger partial charge in [-0.25, -0.2) is 13.4 Å². The Morgan fingerprint density at radius 3 is 2.70 bits per heavy atom. The number of nitrogens with one attached hydrogen (secondary N) is 1. The van der Waals surface area contributed by atoms with E-state index in [1.54, 1.807) is 12.1 Å². The van der Waals surface area contributed by atoms with Crippen LogP contribution in [0.15, 0.2) is 58.8 Å². The highest BCUT2D eigenvalue weighted by molar-refractivity contribution is 7.92. The van der Waals surface area contributed by atoms with Gasteiger partial charge in [0.15, 0.2) is 5.13 Å². The first-order chi connectivity index (χ1) is 16.0. The second kappa shape index (κ2) is 9.24. The van der Waals surface area contributed by atoms with E-state index in [4.69, 9.17) is 0 Å². The first kappa shape index (κ1) is 22.1. The van der Waals surface area contributed by atoms with Crippen LogP contribution in [0.1, 0.15) is 40.9 Å². The van der Waals surface area contributed by atoms with E-state index in [1.165, 1.54) is 47.0 Å². The van der Waals surface area contributed by atoms with E-state index < -0.39 is 10.0 Å². The molecule has 0 unspecified atom stereocenters. The number of hydrogen-bond donors (Lipinski definition) is 1. The standard InChI is InChI=1S/C24H26N4O3S2/c29-23(26-24-25-20(17-32-24)16-27-12-4-1-5-13-27)19-8-6-9-21(15-19)33(30,31)28-14-11-18-7-2-3-10-22(18)28/h2-3,6-10,15,17H,1,4-5,11-14,16H2,(H,25,26,29). The molecule has 0 spiro atoms. The minimum absolute atomic E-state index is 0.108. The molecule has 1 N–H and O–H groups in total. The van der Waals surface area contributed by atoms with Crippen LogP contribution in [0.25, 0.3) is 0 Å². The third kappa shape index (κ3) is 4.66. The molecule has 2 aromatic carbocycles. The van der Waals surface area contributed by atoms with Gasteiger partial charge in [-0.3, -0.25) is 19.3 Å². The van der Waals surface area contributed by atoms with Gasteiger partial charge in [-0.1, -0.05) is 30.7 Å². The molecule has 1 amide bonds. The van der Waals surface area contributed by atoms with E-state index in [0.29, 0.717) is 23.8 Å². The summed E-state index contributed by atoms with van der Waals surface area (Å²) in [6, 6.07) is 13.7. The van der Waals surface area contributed by atoms with Crippen molar-refractivity contribution in [3.8, 4) is 0 Å². The maximum atomic E-state index is 13.3. The second-order valence-electron chi connectivity index (χ2n) is 8.42. The van der Waals surface area contributed by atoms with Crippen molar-refractivity contribution in [2.45, 2.75) is 37.1 Å². The average Bonchev–Trinajstić information content (AvgIpc) is 3.47. The van der Waals surface area contributed by atoms with E-state index >= 15 is 0 Å². The van der Waals surface area contributed by atoms with Crippen molar-refractivity contribution in [1.29, 1.82) is 0 Å². The van der Waals surface area contributed by atoms with Gasteiger partial charge in [0.05, 0.1) is 16.3 Å². The quantitative estimate of drug-likeness (QED) is 0.571. The number of piperidine rings is 1. The van der Waals surface area contributed by atoms with E-state index in [-0.39, 0.29) is 16.4 Å². The van der Waals surface area contributed by atoms with Crippen molar-refractivity contribution in [1.82, 2.24) is 9.88 Å². The fraction of sp³-hybridized carbons (Fsp3) is 0.333. The molecular formula is C24H26N4O3S2. The third-order valence-corrected chi connectivity index (χ3v) is 8.75. The summed E-state index contributed by atoms with van der Waals surface area (Å²) < 4.78 is 28.0. The zero-order valence-electron chi connectivity index (χ0n) is 18.2. The molecule has 0 saturated carbocycles. The first-order valence-corrected chi connectivity index (χ1v) is 13.5. The minimum Gasteiger partial charge on any atom is -0.298 e. The van der Waals surface area contributed by atoms with Gasteiger partial charge in [0.1, 0.15) is 0 Å². The summed E-state index contributed by atoms with van der Waals surface area (Å²) in [5.41, 5.74) is 2.95. The van der Waals surface area contributed by atoms with Crippen LogP contribution in [0.4, 0.5) is 10.8 Å². The number of thiazole rings is 1. The predicted molar refractivity (Wildman–Crippen MR) is 130 cm³/mol. The van der Waals surface area contributed by atoms with E-state index in [0.717, 1.165) is 30.9 Å². The molecule has 0 radical (unpaired) electrons. The predicted octanol–water partition coefficient (Wildman–Crippen LogP) is 4.13. The summed E-state index contributed by atoms with van der Waals surface area (Å²) in [4.78, 5) is 19.9. The summed E-state index contributed by atoms with van der Waals surface area (Å²) in [6.07, 6.45) is 4.40. The number of rotatable bonds is 6. The number of likely N-dealkylation sites (tertiary alicyclic amines) is 1. The number of benzene rings is 2. The van der Waals surface area contributed by atoms with Gasteiger partial charge < -0.3 is 0 Å². The Balaban J connectivity index is 1.30. The number of carbonyl (C=O) groups is 1. The molecule has 33 heavy (non-hydrogen) atoms. The lowest BCUT2D eigenvalue weighted by molar-refractivity contribution is 0.102. The smallest absolute Gasteiger partial charge is 0.264 e. The van der Waals surface area contributed by atoms with Gasteiger partial charge >= 0.3 is 0 Å². The number of nitrogens with zero attached hydrogens (tertiary/aromatic N) is 3. The Kier molecular flexibility index (Phi) is 6.18. The van der Waals surface area contributed by atoms with Crippen molar-refractivity contribution in [2.24, 2.45) is 0 Å². The molecule has 7 nitrogen and oxygen atoms in total. The van der Waals surface area contributed by atoms with Gasteiger partial charge in [0.2, 0.25) is 0 Å². The Hall–Kier alpha value is -2.75. The molecule has 172 valence electrons. The summed E-state index contributed by atoms with van der Waals surface area (Å²) >= 11 is 1.39. The number of amides is 1. The number of anilines is 2. The molecule has 3 heterocycles. The maximum Gasteiger partial charge on any atom is 0.264 e. The molecule has 1 fully saturated rings. The van der Waals surface area contributed by atoms with Gasteiger partial charge in [-0.05, 0) is 62.2 Å². The van der Waals surface area contributed by atoms with E-state index in [1.807, 2.05) is 29.6 Å². The van der Waals surface area contributed by atoms with Crippen molar-refractivity contribution >= 4 is 38.1 Å². The molecule has 2 aliphatic rings. The number of carbonyl (C=O) groups excluding carboxylic acids is 1. The largest absolute Gasteiger partial charge is 0.298 e. The molecule has 0 atom stereocenters. The van der Waals surface area contributed by atoms with Crippen LogP contribution >= 0.6 is 11.3 Å². The highest BCUT2D eigenvalue weighted by Gasteiger charge is 2.31. The summed E-state index contributed by atoms with van der Waals surface area (Å²) in [5, 5.41) is 5.31. The van der Waals surface area contributed by atoms with Crippen LogP contribution < -0.4 is 9.62 Å². The number of fused-ring (bicyclic) bond motifs is 1. The normalized spacial score (nSPS) is 16.5. The lowest BCUT2D eigenvalue weighted by Gasteiger charge is -2.25. The number of hydrogen-bond acceptors (Lipinski definition) is 6. The van der Waals surface area contributed by atoms with Crippen LogP contribution in [0.2, 0.25) is 0 Å². The van der Waals surface area contributed by atoms with E-state index in [2.05, 4.69) is 15.2 Å². The molecule has 1 saturated heterocycles.